The van der Waals surface area contributed by atoms with Crippen molar-refractivity contribution in [2.24, 2.45) is 0 Å². The van der Waals surface area contributed by atoms with Gasteiger partial charge in [0.2, 0.25) is 5.78 Å². The van der Waals surface area contributed by atoms with Crippen molar-refractivity contribution in [1.82, 2.24) is 4.98 Å². The summed E-state index contributed by atoms with van der Waals surface area (Å²) in [4.78, 5) is 18.0. The van der Waals surface area contributed by atoms with Gasteiger partial charge in [0.15, 0.2) is 0 Å². The van der Waals surface area contributed by atoms with Gasteiger partial charge in [0.1, 0.15) is 5.75 Å². The summed E-state index contributed by atoms with van der Waals surface area (Å²) in [5.74, 6) is 0.715. The molecule has 0 unspecified atom stereocenters. The summed E-state index contributed by atoms with van der Waals surface area (Å²) in [7, 11) is 0. The average molecular weight is 426 g/mol. The van der Waals surface area contributed by atoms with E-state index in [9.17, 15) is 4.79 Å². The maximum Gasteiger partial charge on any atom is 0.201 e. The first kappa shape index (κ1) is 17.2. The molecule has 26 heavy (non-hydrogen) atoms. The fraction of sp³-hybridized carbons (Fsp3) is 0.143. The molecule has 0 saturated carbocycles. The van der Waals surface area contributed by atoms with Crippen LogP contribution in [0.2, 0.25) is 0 Å². The molecule has 1 aromatic heterocycles. The van der Waals surface area contributed by atoms with Crippen molar-refractivity contribution in [2.75, 3.05) is 6.61 Å². The van der Waals surface area contributed by atoms with Crippen LogP contribution in [0, 0.1) is 6.92 Å². The zero-order valence-corrected chi connectivity index (χ0v) is 16.6. The summed E-state index contributed by atoms with van der Waals surface area (Å²) >= 11 is 5.03. The lowest BCUT2D eigenvalue weighted by Crippen LogP contribution is -2.02. The van der Waals surface area contributed by atoms with Gasteiger partial charge in [0.25, 0.3) is 0 Å². The first-order valence-corrected chi connectivity index (χ1v) is 9.98. The highest BCUT2D eigenvalue weighted by Crippen LogP contribution is 2.43. The summed E-state index contributed by atoms with van der Waals surface area (Å²) in [6, 6.07) is 16.0. The number of halogens is 1. The maximum absolute atomic E-state index is 12.7. The quantitative estimate of drug-likeness (QED) is 0.547. The minimum atomic E-state index is -0.00342. The Kier molecular flexibility index (Phi) is 4.74. The van der Waals surface area contributed by atoms with Crippen LogP contribution in [0.4, 0.5) is 0 Å². The van der Waals surface area contributed by atoms with Crippen molar-refractivity contribution >= 4 is 38.6 Å². The van der Waals surface area contributed by atoms with Crippen LogP contribution in [-0.2, 0) is 6.42 Å². The van der Waals surface area contributed by atoms with Crippen LogP contribution in [-0.4, -0.2) is 17.4 Å². The molecular weight excluding hydrogens is 410 g/mol. The van der Waals surface area contributed by atoms with Gasteiger partial charge >= 0.3 is 0 Å². The number of nitrogens with zero attached hydrogens (tertiary/aromatic N) is 1. The summed E-state index contributed by atoms with van der Waals surface area (Å²) in [6.07, 6.45) is 0.832. The second-order valence-electron chi connectivity index (χ2n) is 6.08. The van der Waals surface area contributed by atoms with E-state index in [2.05, 4.69) is 33.0 Å². The number of aromatic nitrogens is 1. The Morgan fingerprint density at radius 1 is 1.12 bits per heavy atom. The monoisotopic (exact) mass is 425 g/mol. The summed E-state index contributed by atoms with van der Waals surface area (Å²) in [5, 5.41) is 0. The number of thiazole rings is 1. The van der Waals surface area contributed by atoms with Crippen LogP contribution < -0.4 is 4.74 Å². The van der Waals surface area contributed by atoms with Crippen LogP contribution in [0.25, 0.3) is 5.57 Å². The highest BCUT2D eigenvalue weighted by molar-refractivity contribution is 9.12. The maximum atomic E-state index is 12.7. The lowest BCUT2D eigenvalue weighted by Gasteiger charge is -2.09. The van der Waals surface area contributed by atoms with E-state index >= 15 is 0 Å². The second kappa shape index (κ2) is 7.17. The summed E-state index contributed by atoms with van der Waals surface area (Å²) in [5.41, 5.74) is 6.52. The Hall–Kier alpha value is -2.24. The smallest absolute Gasteiger partial charge is 0.201 e. The molecule has 3 aromatic rings. The van der Waals surface area contributed by atoms with Gasteiger partial charge in [-0.15, -0.1) is 11.3 Å². The molecule has 0 amide bonds. The fourth-order valence-corrected chi connectivity index (χ4v) is 4.69. The van der Waals surface area contributed by atoms with Crippen LogP contribution in [0.1, 0.15) is 32.1 Å². The molecule has 1 heterocycles. The first-order valence-electron chi connectivity index (χ1n) is 8.31. The van der Waals surface area contributed by atoms with E-state index in [4.69, 9.17) is 4.74 Å². The number of allylic oxidation sites excluding steroid dienone is 1. The van der Waals surface area contributed by atoms with Crippen LogP contribution >= 0.6 is 27.3 Å². The van der Waals surface area contributed by atoms with Crippen LogP contribution in [0.15, 0.2) is 58.5 Å². The Morgan fingerprint density at radius 2 is 1.92 bits per heavy atom. The first-order chi connectivity index (χ1) is 12.6. The molecular formula is C21H16BrNO2S. The third-order valence-electron chi connectivity index (χ3n) is 4.40. The van der Waals surface area contributed by atoms with Gasteiger partial charge in [-0.25, -0.2) is 4.98 Å². The van der Waals surface area contributed by atoms with E-state index in [1.165, 1.54) is 5.56 Å². The molecule has 1 aliphatic carbocycles. The van der Waals surface area contributed by atoms with Crippen LogP contribution in [0.5, 0.6) is 5.75 Å². The third kappa shape index (κ3) is 3.13. The van der Waals surface area contributed by atoms with Crippen LogP contribution in [0.3, 0.4) is 0 Å². The van der Waals surface area contributed by atoms with E-state index in [1.54, 1.807) is 11.3 Å². The summed E-state index contributed by atoms with van der Waals surface area (Å²) < 4.78 is 6.47. The van der Waals surface area contributed by atoms with Gasteiger partial charge in [0.05, 0.1) is 27.2 Å². The number of ketones is 1. The molecule has 0 bridgehead atoms. The van der Waals surface area contributed by atoms with Crippen molar-refractivity contribution in [3.8, 4) is 5.75 Å². The summed E-state index contributed by atoms with van der Waals surface area (Å²) in [6.45, 7) is 2.54. The van der Waals surface area contributed by atoms with Gasteiger partial charge in [-0.2, -0.15) is 0 Å². The topological polar surface area (TPSA) is 39.2 Å². The Bertz CT molecular complexity index is 1010. The zero-order chi connectivity index (χ0) is 18.1. The second-order valence-corrected chi connectivity index (χ2v) is 7.72. The van der Waals surface area contributed by atoms with Gasteiger partial charge in [0, 0.05) is 17.6 Å². The number of carbonyl (C=O) groups excluding carboxylic acids is 1. The van der Waals surface area contributed by atoms with Crippen molar-refractivity contribution in [1.29, 1.82) is 0 Å². The standard InChI is InChI=1S/C21H16BrNO2S/c1-13-21(26-12-23-13)18-16-8-7-15(11-17(16)20(24)19(18)22)25-10-9-14-5-3-2-4-6-14/h2-8,11-12H,9-10H2,1H3. The molecule has 3 nitrogen and oxygen atoms in total. The number of benzene rings is 2. The van der Waals surface area contributed by atoms with Crippen molar-refractivity contribution < 1.29 is 9.53 Å². The van der Waals surface area contributed by atoms with E-state index in [0.717, 1.165) is 33.9 Å². The van der Waals surface area contributed by atoms with Crippen molar-refractivity contribution in [3.05, 3.63) is 85.8 Å². The predicted molar refractivity (Wildman–Crippen MR) is 108 cm³/mol. The fourth-order valence-electron chi connectivity index (χ4n) is 3.06. The molecule has 130 valence electrons. The lowest BCUT2D eigenvalue weighted by molar-refractivity contribution is 0.104. The Balaban J connectivity index is 1.55. The number of hydrogen-bond acceptors (Lipinski definition) is 4. The normalized spacial score (nSPS) is 13.2. The van der Waals surface area contributed by atoms with E-state index < -0.39 is 0 Å². The molecule has 0 radical (unpaired) electrons. The number of ether oxygens (including phenoxy) is 1. The van der Waals surface area contributed by atoms with Gasteiger partial charge < -0.3 is 4.74 Å². The molecule has 0 saturated heterocycles. The SMILES string of the molecule is Cc1ncsc1C1=C(Br)C(=O)c2cc(OCCc3ccccc3)ccc21. The molecule has 2 aromatic carbocycles. The molecule has 0 N–H and O–H groups in total. The number of fused-ring (bicyclic) bond motifs is 1. The minimum absolute atomic E-state index is 0.00342. The van der Waals surface area contributed by atoms with Gasteiger partial charge in [-0.3, -0.25) is 4.79 Å². The number of hydrogen-bond donors (Lipinski definition) is 0. The molecule has 0 atom stereocenters. The Labute approximate surface area is 164 Å². The molecule has 1 aliphatic rings. The Morgan fingerprint density at radius 3 is 2.65 bits per heavy atom. The molecule has 0 spiro atoms. The number of aryl methyl sites for hydroxylation is 1. The van der Waals surface area contributed by atoms with E-state index in [0.29, 0.717) is 16.7 Å². The van der Waals surface area contributed by atoms with Crippen molar-refractivity contribution in [2.45, 2.75) is 13.3 Å². The molecule has 0 aliphatic heterocycles. The minimum Gasteiger partial charge on any atom is -0.493 e. The zero-order valence-electron chi connectivity index (χ0n) is 14.2. The largest absolute Gasteiger partial charge is 0.493 e. The van der Waals surface area contributed by atoms with Crippen molar-refractivity contribution in [3.63, 3.8) is 0 Å². The molecule has 5 heteroatoms. The van der Waals surface area contributed by atoms with E-state index in [1.807, 2.05) is 48.8 Å². The highest BCUT2D eigenvalue weighted by atomic mass is 79.9. The average Bonchev–Trinajstić information content (AvgIpc) is 3.18. The molecule has 4 rings (SSSR count). The lowest BCUT2D eigenvalue weighted by atomic mass is 10.0. The number of Topliss-reactive ketones (excluding diaryl/α,β-unsaturated/α-hetero) is 1. The number of rotatable bonds is 5. The van der Waals surface area contributed by atoms with E-state index in [-0.39, 0.29) is 5.78 Å². The molecule has 0 fully saturated rings. The number of carbonyl (C=O) groups is 1. The van der Waals surface area contributed by atoms with Gasteiger partial charge in [-0.05, 0) is 52.2 Å². The predicted octanol–water partition coefficient (Wildman–Crippen LogP) is 5.42. The van der Waals surface area contributed by atoms with Gasteiger partial charge in [-0.1, -0.05) is 30.3 Å². The highest BCUT2D eigenvalue weighted by Gasteiger charge is 2.31. The third-order valence-corrected chi connectivity index (χ3v) is 6.10.